The molecule has 2 aromatic rings. The Morgan fingerprint density at radius 3 is 2.33 bits per heavy atom. The van der Waals surface area contributed by atoms with Gasteiger partial charge in [0, 0.05) is 24.2 Å². The van der Waals surface area contributed by atoms with Crippen LogP contribution in [-0.4, -0.2) is 42.7 Å². The summed E-state index contributed by atoms with van der Waals surface area (Å²) < 4.78 is 16.4. The fourth-order valence-electron chi connectivity index (χ4n) is 2.47. The van der Waals surface area contributed by atoms with Gasteiger partial charge in [-0.1, -0.05) is 0 Å². The molecule has 0 saturated carbocycles. The van der Waals surface area contributed by atoms with E-state index >= 15 is 0 Å². The fourth-order valence-corrected chi connectivity index (χ4v) is 2.47. The largest absolute Gasteiger partial charge is 0.493 e. The lowest BCUT2D eigenvalue weighted by Gasteiger charge is -2.17. The monoisotopic (exact) mass is 375 g/mol. The molecule has 9 nitrogen and oxygen atoms in total. The van der Waals surface area contributed by atoms with E-state index in [1.54, 1.807) is 18.3 Å². The minimum Gasteiger partial charge on any atom is -0.493 e. The normalized spacial score (nSPS) is 10.6. The van der Waals surface area contributed by atoms with E-state index in [1.807, 2.05) is 13.8 Å². The first-order valence-corrected chi connectivity index (χ1v) is 8.38. The molecule has 9 heteroatoms. The molecule has 0 spiro atoms. The molecule has 5 N–H and O–H groups in total. The number of nitrogens with one attached hydrogen (secondary N) is 1. The number of anilines is 2. The van der Waals surface area contributed by atoms with Crippen molar-refractivity contribution < 1.29 is 19.0 Å². The standard InChI is InChI=1S/C18H25N5O4/c1-10(2)22-15(24)9-27-16-13(25-3)6-11(7-14(16)26-4)5-12-8-21-18(20)23-17(12)19/h6-8,10H,5,9H2,1-4H3,(H,22,24)(H4,19,20,21,23). The summed E-state index contributed by atoms with van der Waals surface area (Å²) in [6.45, 7) is 3.60. The van der Waals surface area contributed by atoms with Gasteiger partial charge < -0.3 is 31.0 Å². The number of aromatic nitrogens is 2. The van der Waals surface area contributed by atoms with Gasteiger partial charge in [0.05, 0.1) is 14.2 Å². The Hall–Kier alpha value is -3.23. The smallest absolute Gasteiger partial charge is 0.258 e. The number of rotatable bonds is 8. The topological polar surface area (TPSA) is 135 Å². The lowest BCUT2D eigenvalue weighted by Crippen LogP contribution is -2.34. The third kappa shape index (κ3) is 5.37. The number of hydrogen-bond acceptors (Lipinski definition) is 8. The van der Waals surface area contributed by atoms with Crippen LogP contribution in [0.15, 0.2) is 18.3 Å². The number of methoxy groups -OCH3 is 2. The summed E-state index contributed by atoms with van der Waals surface area (Å²) >= 11 is 0. The average Bonchev–Trinajstić information content (AvgIpc) is 2.61. The number of ether oxygens (including phenoxy) is 3. The molecule has 0 unspecified atom stereocenters. The highest BCUT2D eigenvalue weighted by molar-refractivity contribution is 5.78. The minimum atomic E-state index is -0.232. The Balaban J connectivity index is 2.25. The highest BCUT2D eigenvalue weighted by atomic mass is 16.5. The van der Waals surface area contributed by atoms with E-state index in [-0.39, 0.29) is 24.5 Å². The Kier molecular flexibility index (Phi) is 6.64. The van der Waals surface area contributed by atoms with Crippen molar-refractivity contribution in [3.63, 3.8) is 0 Å². The van der Waals surface area contributed by atoms with Gasteiger partial charge >= 0.3 is 0 Å². The van der Waals surface area contributed by atoms with E-state index in [2.05, 4.69) is 15.3 Å². The molecule has 1 heterocycles. The van der Waals surface area contributed by atoms with Gasteiger partial charge in [0.2, 0.25) is 11.7 Å². The second kappa shape index (κ2) is 8.93. The van der Waals surface area contributed by atoms with Crippen LogP contribution in [0.3, 0.4) is 0 Å². The molecule has 2 rings (SSSR count). The lowest BCUT2D eigenvalue weighted by molar-refractivity contribution is -0.123. The van der Waals surface area contributed by atoms with Crippen molar-refractivity contribution in [2.24, 2.45) is 0 Å². The van der Waals surface area contributed by atoms with Gasteiger partial charge in [0.15, 0.2) is 18.1 Å². The van der Waals surface area contributed by atoms with Gasteiger partial charge in [-0.15, -0.1) is 0 Å². The molecule has 0 aliphatic rings. The van der Waals surface area contributed by atoms with E-state index < -0.39 is 0 Å². The molecule has 0 fully saturated rings. The first kappa shape index (κ1) is 20.1. The maximum absolute atomic E-state index is 11.8. The van der Waals surface area contributed by atoms with Crippen molar-refractivity contribution in [2.75, 3.05) is 32.3 Å². The Morgan fingerprint density at radius 1 is 1.19 bits per heavy atom. The molecule has 0 bridgehead atoms. The third-order valence-corrected chi connectivity index (χ3v) is 3.63. The number of carbonyl (C=O) groups excluding carboxylic acids is 1. The molecule has 1 aromatic heterocycles. The van der Waals surface area contributed by atoms with E-state index in [1.165, 1.54) is 14.2 Å². The van der Waals surface area contributed by atoms with E-state index in [0.29, 0.717) is 29.5 Å². The summed E-state index contributed by atoms with van der Waals surface area (Å²) in [5.74, 6) is 1.43. The summed E-state index contributed by atoms with van der Waals surface area (Å²) in [4.78, 5) is 19.8. The number of carbonyl (C=O) groups is 1. The number of amides is 1. The van der Waals surface area contributed by atoms with Gasteiger partial charge in [-0.05, 0) is 31.5 Å². The molecule has 0 saturated heterocycles. The predicted octanol–water partition coefficient (Wildman–Crippen LogP) is 1.15. The highest BCUT2D eigenvalue weighted by Gasteiger charge is 2.17. The van der Waals surface area contributed by atoms with Crippen molar-refractivity contribution in [1.82, 2.24) is 15.3 Å². The molecule has 146 valence electrons. The second-order valence-corrected chi connectivity index (χ2v) is 6.16. The number of benzene rings is 1. The van der Waals surface area contributed by atoms with Crippen molar-refractivity contribution in [1.29, 1.82) is 0 Å². The number of nitrogens with zero attached hydrogens (tertiary/aromatic N) is 2. The number of nitrogen functional groups attached to an aromatic ring is 2. The van der Waals surface area contributed by atoms with Crippen molar-refractivity contribution in [3.8, 4) is 17.2 Å². The van der Waals surface area contributed by atoms with Crippen LogP contribution in [0.25, 0.3) is 0 Å². The molecule has 1 aromatic carbocycles. The van der Waals surface area contributed by atoms with E-state index in [9.17, 15) is 4.79 Å². The summed E-state index contributed by atoms with van der Waals surface area (Å²) in [7, 11) is 3.03. The molecule has 0 radical (unpaired) electrons. The quantitative estimate of drug-likeness (QED) is 0.625. The van der Waals surface area contributed by atoms with E-state index in [0.717, 1.165) is 11.1 Å². The van der Waals surface area contributed by atoms with Crippen LogP contribution < -0.4 is 31.0 Å². The molecular weight excluding hydrogens is 350 g/mol. The van der Waals surface area contributed by atoms with Gasteiger partial charge in [0.25, 0.3) is 5.91 Å². The maximum Gasteiger partial charge on any atom is 0.258 e. The van der Waals surface area contributed by atoms with Crippen LogP contribution in [0.1, 0.15) is 25.0 Å². The molecular formula is C18H25N5O4. The lowest BCUT2D eigenvalue weighted by atomic mass is 10.1. The summed E-state index contributed by atoms with van der Waals surface area (Å²) in [6.07, 6.45) is 2.03. The van der Waals surface area contributed by atoms with Crippen LogP contribution in [0.5, 0.6) is 17.2 Å². The fraction of sp³-hybridized carbons (Fsp3) is 0.389. The Labute approximate surface area is 158 Å². The van der Waals surface area contributed by atoms with Gasteiger partial charge in [-0.25, -0.2) is 4.98 Å². The van der Waals surface area contributed by atoms with Crippen molar-refractivity contribution in [3.05, 3.63) is 29.5 Å². The Bertz CT molecular complexity index is 785. The zero-order chi connectivity index (χ0) is 20.0. The summed E-state index contributed by atoms with van der Waals surface area (Å²) in [5.41, 5.74) is 13.0. The molecule has 0 aliphatic heterocycles. The SMILES string of the molecule is COc1cc(Cc2cnc(N)nc2N)cc(OC)c1OCC(=O)NC(C)C. The van der Waals surface area contributed by atoms with Gasteiger partial charge in [-0.2, -0.15) is 4.98 Å². The van der Waals surface area contributed by atoms with Crippen LogP contribution in [0, 0.1) is 0 Å². The van der Waals surface area contributed by atoms with Crippen LogP contribution in [0.4, 0.5) is 11.8 Å². The first-order valence-electron chi connectivity index (χ1n) is 8.38. The zero-order valence-electron chi connectivity index (χ0n) is 15.9. The summed E-state index contributed by atoms with van der Waals surface area (Å²) in [6, 6.07) is 3.60. The minimum absolute atomic E-state index is 0.0276. The zero-order valence-corrected chi connectivity index (χ0v) is 15.9. The van der Waals surface area contributed by atoms with E-state index in [4.69, 9.17) is 25.7 Å². The maximum atomic E-state index is 11.8. The van der Waals surface area contributed by atoms with Gasteiger partial charge in [-0.3, -0.25) is 4.79 Å². The van der Waals surface area contributed by atoms with Crippen molar-refractivity contribution >= 4 is 17.7 Å². The van der Waals surface area contributed by atoms with Crippen molar-refractivity contribution in [2.45, 2.75) is 26.3 Å². The van der Waals surface area contributed by atoms with Crippen LogP contribution in [-0.2, 0) is 11.2 Å². The van der Waals surface area contributed by atoms with Crippen LogP contribution >= 0.6 is 0 Å². The number of hydrogen-bond donors (Lipinski definition) is 3. The molecule has 1 amide bonds. The summed E-state index contributed by atoms with van der Waals surface area (Å²) in [5, 5.41) is 2.76. The number of nitrogens with two attached hydrogens (primary N) is 2. The second-order valence-electron chi connectivity index (χ2n) is 6.16. The van der Waals surface area contributed by atoms with Gasteiger partial charge in [0.1, 0.15) is 5.82 Å². The first-order chi connectivity index (χ1) is 12.8. The van der Waals surface area contributed by atoms with Crippen LogP contribution in [0.2, 0.25) is 0 Å². The molecule has 0 atom stereocenters. The molecule has 0 aliphatic carbocycles. The third-order valence-electron chi connectivity index (χ3n) is 3.63. The predicted molar refractivity (Wildman–Crippen MR) is 102 cm³/mol. The average molecular weight is 375 g/mol. The Morgan fingerprint density at radius 2 is 1.81 bits per heavy atom. The highest BCUT2D eigenvalue weighted by Crippen LogP contribution is 2.39. The molecule has 27 heavy (non-hydrogen) atoms.